The summed E-state index contributed by atoms with van der Waals surface area (Å²) in [4.78, 5) is 39.9. The number of imide groups is 1. The predicted octanol–water partition coefficient (Wildman–Crippen LogP) is -0.148. The summed E-state index contributed by atoms with van der Waals surface area (Å²) in [5, 5.41) is 16.9. The number of amides is 3. The van der Waals surface area contributed by atoms with Gasteiger partial charge >= 0.3 is 12.0 Å². The number of fused-ring (bicyclic) bond motifs is 1. The fraction of sp³-hybridized carbons (Fsp3) is 0.450. The van der Waals surface area contributed by atoms with E-state index in [2.05, 4.69) is 26.1 Å². The van der Waals surface area contributed by atoms with Crippen molar-refractivity contribution in [3.8, 4) is 0 Å². The van der Waals surface area contributed by atoms with Gasteiger partial charge in [0, 0.05) is 51.3 Å². The number of hydrogen-bond donors (Lipinski definition) is 3. The Morgan fingerprint density at radius 2 is 2.00 bits per heavy atom. The first-order valence-electron chi connectivity index (χ1n) is 10.4. The van der Waals surface area contributed by atoms with Crippen molar-refractivity contribution in [2.45, 2.75) is 32.0 Å². The van der Waals surface area contributed by atoms with Gasteiger partial charge in [-0.3, -0.25) is 19.7 Å². The van der Waals surface area contributed by atoms with Crippen LogP contribution in [0.15, 0.2) is 22.6 Å². The number of carbonyl (C=O) groups excluding carboxylic acids is 3. The molecule has 0 saturated carbocycles. The highest BCUT2D eigenvalue weighted by atomic mass is 16.4. The fourth-order valence-electron chi connectivity index (χ4n) is 4.19. The lowest BCUT2D eigenvalue weighted by Crippen LogP contribution is -2.52. The van der Waals surface area contributed by atoms with Crippen molar-refractivity contribution >= 4 is 29.8 Å². The van der Waals surface area contributed by atoms with Gasteiger partial charge in [-0.25, -0.2) is 0 Å². The second-order valence-corrected chi connectivity index (χ2v) is 7.87. The standard InChI is InChI=1S/C20H23N7O4/c28-16-4-3-15(17(29)23-16)27-11-13-9-12(1-2-14(13)18(27)30)10-22-19-24-25-20(31-19)26-7-5-21-6-8-26/h1-2,9,15,21H,3-8,10-11H2,(H,22,24)(H,23,28,29). The maximum Gasteiger partial charge on any atom is 0.319 e. The number of benzene rings is 1. The van der Waals surface area contributed by atoms with Gasteiger partial charge in [-0.05, 0) is 23.6 Å². The molecule has 3 aliphatic heterocycles. The number of rotatable bonds is 5. The van der Waals surface area contributed by atoms with E-state index in [0.717, 1.165) is 37.3 Å². The summed E-state index contributed by atoms with van der Waals surface area (Å²) in [5.74, 6) is -0.877. The maximum atomic E-state index is 12.8. The Kier molecular flexibility index (Phi) is 5.02. The first-order chi connectivity index (χ1) is 15.1. The molecule has 0 aliphatic carbocycles. The first kappa shape index (κ1) is 19.5. The van der Waals surface area contributed by atoms with Crippen LogP contribution in [0.5, 0.6) is 0 Å². The zero-order valence-corrected chi connectivity index (χ0v) is 16.9. The molecule has 11 nitrogen and oxygen atoms in total. The number of carbonyl (C=O) groups is 3. The molecule has 1 aromatic carbocycles. The highest BCUT2D eigenvalue weighted by Crippen LogP contribution is 2.28. The van der Waals surface area contributed by atoms with Crippen molar-refractivity contribution < 1.29 is 18.8 Å². The number of piperazine rings is 1. The van der Waals surface area contributed by atoms with E-state index in [4.69, 9.17) is 4.42 Å². The number of hydrogen-bond acceptors (Lipinski definition) is 9. The second-order valence-electron chi connectivity index (χ2n) is 7.87. The highest BCUT2D eigenvalue weighted by molar-refractivity contribution is 6.05. The van der Waals surface area contributed by atoms with Crippen LogP contribution >= 0.6 is 0 Å². The van der Waals surface area contributed by atoms with Crippen molar-refractivity contribution in [2.75, 3.05) is 36.4 Å². The average molecular weight is 425 g/mol. The molecule has 1 aromatic heterocycles. The lowest BCUT2D eigenvalue weighted by atomic mass is 10.0. The normalized spacial score (nSPS) is 21.3. The Morgan fingerprint density at radius 1 is 1.16 bits per heavy atom. The molecule has 3 aliphatic rings. The summed E-state index contributed by atoms with van der Waals surface area (Å²) in [6, 6.07) is 5.82. The highest BCUT2D eigenvalue weighted by Gasteiger charge is 2.39. The Bertz CT molecular complexity index is 1030. The van der Waals surface area contributed by atoms with Crippen molar-refractivity contribution in [3.05, 3.63) is 34.9 Å². The molecule has 2 aromatic rings. The summed E-state index contributed by atoms with van der Waals surface area (Å²) in [7, 11) is 0. The summed E-state index contributed by atoms with van der Waals surface area (Å²) < 4.78 is 5.70. The Morgan fingerprint density at radius 3 is 2.81 bits per heavy atom. The number of anilines is 2. The van der Waals surface area contributed by atoms with Gasteiger partial charge in [0.15, 0.2) is 0 Å². The smallest absolute Gasteiger partial charge is 0.319 e. The number of piperidine rings is 1. The molecule has 3 N–H and O–H groups in total. The number of aromatic nitrogens is 2. The molecule has 11 heteroatoms. The van der Waals surface area contributed by atoms with E-state index >= 15 is 0 Å². The van der Waals surface area contributed by atoms with Gasteiger partial charge in [0.2, 0.25) is 11.8 Å². The van der Waals surface area contributed by atoms with E-state index in [1.54, 1.807) is 11.0 Å². The van der Waals surface area contributed by atoms with E-state index in [1.165, 1.54) is 0 Å². The molecule has 2 fully saturated rings. The second kappa shape index (κ2) is 7.99. The Balaban J connectivity index is 1.23. The van der Waals surface area contributed by atoms with Gasteiger partial charge in [-0.1, -0.05) is 22.3 Å². The van der Waals surface area contributed by atoms with Crippen LogP contribution in [0, 0.1) is 0 Å². The molecule has 1 unspecified atom stereocenters. The quantitative estimate of drug-likeness (QED) is 0.560. The van der Waals surface area contributed by atoms with Crippen molar-refractivity contribution in [2.24, 2.45) is 0 Å². The van der Waals surface area contributed by atoms with Crippen LogP contribution in [0.1, 0.15) is 34.3 Å². The van der Waals surface area contributed by atoms with Crippen LogP contribution in [-0.2, 0) is 22.7 Å². The van der Waals surface area contributed by atoms with Gasteiger partial charge in [0.1, 0.15) is 6.04 Å². The van der Waals surface area contributed by atoms with Crippen LogP contribution in [-0.4, -0.2) is 65.0 Å². The summed E-state index contributed by atoms with van der Waals surface area (Å²) in [5.41, 5.74) is 2.41. The molecule has 31 heavy (non-hydrogen) atoms. The van der Waals surface area contributed by atoms with Gasteiger partial charge in [-0.2, -0.15) is 0 Å². The maximum absolute atomic E-state index is 12.8. The lowest BCUT2D eigenvalue weighted by Gasteiger charge is -2.29. The largest absolute Gasteiger partial charge is 0.389 e. The lowest BCUT2D eigenvalue weighted by molar-refractivity contribution is -0.136. The van der Waals surface area contributed by atoms with Crippen molar-refractivity contribution in [1.82, 2.24) is 25.7 Å². The molecule has 3 amide bonds. The van der Waals surface area contributed by atoms with Gasteiger partial charge in [0.25, 0.3) is 5.91 Å². The van der Waals surface area contributed by atoms with E-state index < -0.39 is 11.9 Å². The van der Waals surface area contributed by atoms with Crippen LogP contribution in [0.4, 0.5) is 12.0 Å². The van der Waals surface area contributed by atoms with Gasteiger partial charge in [-0.15, -0.1) is 0 Å². The molecular formula is C20H23N7O4. The number of nitrogens with zero attached hydrogens (tertiary/aromatic N) is 4. The molecule has 1 atom stereocenters. The third-order valence-electron chi connectivity index (χ3n) is 5.83. The van der Waals surface area contributed by atoms with E-state index in [1.807, 2.05) is 17.0 Å². The van der Waals surface area contributed by atoms with Crippen molar-refractivity contribution in [1.29, 1.82) is 0 Å². The van der Waals surface area contributed by atoms with Gasteiger partial charge < -0.3 is 24.9 Å². The molecule has 0 bridgehead atoms. The minimum atomic E-state index is -0.610. The van der Waals surface area contributed by atoms with Gasteiger partial charge in [0.05, 0.1) is 0 Å². The zero-order valence-electron chi connectivity index (χ0n) is 16.9. The minimum absolute atomic E-state index is 0.179. The zero-order chi connectivity index (χ0) is 21.4. The summed E-state index contributed by atoms with van der Waals surface area (Å²) in [6.07, 6.45) is 0.594. The number of nitrogens with one attached hydrogen (secondary N) is 3. The Hall–Kier alpha value is -3.47. The summed E-state index contributed by atoms with van der Waals surface area (Å²) >= 11 is 0. The molecule has 4 heterocycles. The predicted molar refractivity (Wildman–Crippen MR) is 109 cm³/mol. The fourth-order valence-corrected chi connectivity index (χ4v) is 4.19. The van der Waals surface area contributed by atoms with Crippen LogP contribution < -0.4 is 20.9 Å². The van der Waals surface area contributed by atoms with E-state index in [0.29, 0.717) is 37.1 Å². The van der Waals surface area contributed by atoms with Crippen LogP contribution in [0.2, 0.25) is 0 Å². The van der Waals surface area contributed by atoms with Crippen LogP contribution in [0.3, 0.4) is 0 Å². The molecule has 162 valence electrons. The third-order valence-corrected chi connectivity index (χ3v) is 5.83. The first-order valence-corrected chi connectivity index (χ1v) is 10.4. The van der Waals surface area contributed by atoms with E-state index in [9.17, 15) is 14.4 Å². The van der Waals surface area contributed by atoms with Crippen LogP contribution in [0.25, 0.3) is 0 Å². The molecule has 2 saturated heterocycles. The van der Waals surface area contributed by atoms with Crippen molar-refractivity contribution in [3.63, 3.8) is 0 Å². The summed E-state index contributed by atoms with van der Waals surface area (Å²) in [6.45, 7) is 4.23. The molecule has 5 rings (SSSR count). The Labute approximate surface area is 178 Å². The molecule has 0 radical (unpaired) electrons. The monoisotopic (exact) mass is 425 g/mol. The average Bonchev–Trinajstić information content (AvgIpc) is 3.38. The SMILES string of the molecule is O=C1CCC(N2Cc3cc(CNc4nnc(N5CCNCC5)o4)ccc3C2=O)C(=O)N1. The van der Waals surface area contributed by atoms with E-state index in [-0.39, 0.29) is 18.2 Å². The molecular weight excluding hydrogens is 402 g/mol. The topological polar surface area (TPSA) is 133 Å². The minimum Gasteiger partial charge on any atom is -0.389 e. The molecule has 0 spiro atoms. The third kappa shape index (κ3) is 3.83.